The standard InChI is InChI=1S/C16H12N4O2S2/c21-15(7-10-9-24-16(17-10)12-3-1-5-22-12)18-14-8-11(19-20-14)13-4-2-6-23-13/h1-6,8-9H,7H2,(H2,18,19,20,21). The fourth-order valence-corrected chi connectivity index (χ4v) is 3.68. The minimum absolute atomic E-state index is 0.157. The van der Waals surface area contributed by atoms with Crippen molar-refractivity contribution in [2.45, 2.75) is 6.42 Å². The SMILES string of the molecule is O=C(Cc1csc(-c2ccco2)n1)Nc1cc(-c2cccs2)[nH]n1. The van der Waals surface area contributed by atoms with E-state index in [1.807, 2.05) is 41.1 Å². The van der Waals surface area contributed by atoms with E-state index in [0.717, 1.165) is 15.6 Å². The summed E-state index contributed by atoms with van der Waals surface area (Å²) in [4.78, 5) is 17.6. The molecular formula is C16H12N4O2S2. The van der Waals surface area contributed by atoms with Gasteiger partial charge in [-0.2, -0.15) is 5.10 Å². The molecule has 4 rings (SSSR count). The molecule has 0 unspecified atom stereocenters. The second-order valence-electron chi connectivity index (χ2n) is 4.99. The zero-order valence-corrected chi connectivity index (χ0v) is 14.0. The molecule has 0 aromatic carbocycles. The van der Waals surface area contributed by atoms with Gasteiger partial charge in [-0.25, -0.2) is 4.98 Å². The number of thiophene rings is 1. The van der Waals surface area contributed by atoms with Gasteiger partial charge in [-0.15, -0.1) is 22.7 Å². The van der Waals surface area contributed by atoms with Crippen LogP contribution in [0.15, 0.2) is 51.8 Å². The van der Waals surface area contributed by atoms with E-state index in [0.29, 0.717) is 17.3 Å². The van der Waals surface area contributed by atoms with Crippen molar-refractivity contribution in [1.29, 1.82) is 0 Å². The van der Waals surface area contributed by atoms with Crippen molar-refractivity contribution in [2.75, 3.05) is 5.32 Å². The van der Waals surface area contributed by atoms with Gasteiger partial charge in [-0.05, 0) is 23.6 Å². The van der Waals surface area contributed by atoms with Gasteiger partial charge >= 0.3 is 0 Å². The molecule has 8 heteroatoms. The predicted molar refractivity (Wildman–Crippen MR) is 94.1 cm³/mol. The molecule has 0 aliphatic heterocycles. The Morgan fingerprint density at radius 1 is 1.29 bits per heavy atom. The number of anilines is 1. The summed E-state index contributed by atoms with van der Waals surface area (Å²) >= 11 is 3.06. The van der Waals surface area contributed by atoms with E-state index in [2.05, 4.69) is 20.5 Å². The fourth-order valence-electron chi connectivity index (χ4n) is 2.20. The summed E-state index contributed by atoms with van der Waals surface area (Å²) in [7, 11) is 0. The van der Waals surface area contributed by atoms with Crippen molar-refractivity contribution in [1.82, 2.24) is 15.2 Å². The fraction of sp³-hybridized carbons (Fsp3) is 0.0625. The molecule has 0 fully saturated rings. The second kappa shape index (κ2) is 6.42. The number of hydrogen-bond acceptors (Lipinski definition) is 6. The Kier molecular flexibility index (Phi) is 3.97. The summed E-state index contributed by atoms with van der Waals surface area (Å²) in [6.45, 7) is 0. The molecule has 0 radical (unpaired) electrons. The average Bonchev–Trinajstić information content (AvgIpc) is 3.35. The molecule has 0 aliphatic carbocycles. The molecule has 6 nitrogen and oxygen atoms in total. The quantitative estimate of drug-likeness (QED) is 0.565. The zero-order valence-electron chi connectivity index (χ0n) is 12.4. The van der Waals surface area contributed by atoms with E-state index in [1.54, 1.807) is 17.6 Å². The highest BCUT2D eigenvalue weighted by atomic mass is 32.1. The molecule has 1 amide bonds. The van der Waals surface area contributed by atoms with Crippen LogP contribution < -0.4 is 5.32 Å². The monoisotopic (exact) mass is 356 g/mol. The normalized spacial score (nSPS) is 10.8. The maximum Gasteiger partial charge on any atom is 0.231 e. The summed E-state index contributed by atoms with van der Waals surface area (Å²) in [5.74, 6) is 1.06. The zero-order chi connectivity index (χ0) is 16.4. The Morgan fingerprint density at radius 3 is 3.04 bits per heavy atom. The van der Waals surface area contributed by atoms with Crippen LogP contribution in [0.2, 0.25) is 0 Å². The number of carbonyl (C=O) groups is 1. The van der Waals surface area contributed by atoms with E-state index in [-0.39, 0.29) is 12.3 Å². The van der Waals surface area contributed by atoms with Gasteiger partial charge in [-0.3, -0.25) is 9.89 Å². The van der Waals surface area contributed by atoms with Crippen molar-refractivity contribution in [3.05, 3.63) is 53.0 Å². The van der Waals surface area contributed by atoms with Crippen molar-refractivity contribution >= 4 is 34.4 Å². The molecule has 0 spiro atoms. The first-order chi connectivity index (χ1) is 11.8. The Hall–Kier alpha value is -2.71. The van der Waals surface area contributed by atoms with Gasteiger partial charge < -0.3 is 9.73 Å². The first-order valence-corrected chi connectivity index (χ1v) is 8.91. The van der Waals surface area contributed by atoms with E-state index in [9.17, 15) is 4.79 Å². The van der Waals surface area contributed by atoms with Gasteiger partial charge in [0.05, 0.1) is 28.9 Å². The number of hydrogen-bond donors (Lipinski definition) is 2. The largest absolute Gasteiger partial charge is 0.462 e. The number of aromatic nitrogens is 3. The third kappa shape index (κ3) is 3.15. The van der Waals surface area contributed by atoms with Crippen LogP contribution in [0.4, 0.5) is 5.82 Å². The average molecular weight is 356 g/mol. The minimum atomic E-state index is -0.157. The van der Waals surface area contributed by atoms with Crippen LogP contribution in [0.25, 0.3) is 21.3 Å². The van der Waals surface area contributed by atoms with Crippen molar-refractivity contribution in [3.63, 3.8) is 0 Å². The third-order valence-electron chi connectivity index (χ3n) is 3.26. The number of H-pyrrole nitrogens is 1. The number of nitrogens with zero attached hydrogens (tertiary/aromatic N) is 2. The number of nitrogens with one attached hydrogen (secondary N) is 2. The summed E-state index contributed by atoms with van der Waals surface area (Å²) < 4.78 is 5.31. The summed E-state index contributed by atoms with van der Waals surface area (Å²) in [5.41, 5.74) is 1.59. The lowest BCUT2D eigenvalue weighted by atomic mass is 10.3. The number of rotatable bonds is 5. The van der Waals surface area contributed by atoms with Crippen LogP contribution in [0.3, 0.4) is 0 Å². The molecule has 0 saturated carbocycles. The predicted octanol–water partition coefficient (Wildman–Crippen LogP) is 4.04. The number of furan rings is 1. The Bertz CT molecular complexity index is 862. The van der Waals surface area contributed by atoms with Gasteiger partial charge in [-0.1, -0.05) is 6.07 Å². The topological polar surface area (TPSA) is 83.8 Å². The van der Waals surface area contributed by atoms with Crippen LogP contribution in [0.1, 0.15) is 5.69 Å². The van der Waals surface area contributed by atoms with Crippen LogP contribution in [0, 0.1) is 0 Å². The molecule has 0 aliphatic rings. The lowest BCUT2D eigenvalue weighted by molar-refractivity contribution is -0.115. The van der Waals surface area contributed by atoms with Crippen molar-refractivity contribution in [3.8, 4) is 21.3 Å². The molecule has 24 heavy (non-hydrogen) atoms. The molecule has 4 aromatic rings. The van der Waals surface area contributed by atoms with Crippen LogP contribution in [0.5, 0.6) is 0 Å². The molecule has 0 atom stereocenters. The Balaban J connectivity index is 1.40. The molecule has 120 valence electrons. The van der Waals surface area contributed by atoms with Crippen LogP contribution in [-0.4, -0.2) is 21.1 Å². The molecular weight excluding hydrogens is 344 g/mol. The van der Waals surface area contributed by atoms with Crippen molar-refractivity contribution < 1.29 is 9.21 Å². The van der Waals surface area contributed by atoms with Gasteiger partial charge in [0.1, 0.15) is 0 Å². The first kappa shape index (κ1) is 14.9. The van der Waals surface area contributed by atoms with Gasteiger partial charge in [0.2, 0.25) is 5.91 Å². The van der Waals surface area contributed by atoms with E-state index >= 15 is 0 Å². The Morgan fingerprint density at radius 2 is 2.25 bits per heavy atom. The third-order valence-corrected chi connectivity index (χ3v) is 5.07. The lowest BCUT2D eigenvalue weighted by Crippen LogP contribution is -2.14. The maximum atomic E-state index is 12.2. The molecule has 4 heterocycles. The second-order valence-corrected chi connectivity index (χ2v) is 6.80. The first-order valence-electron chi connectivity index (χ1n) is 7.15. The van der Waals surface area contributed by atoms with Gasteiger partial charge in [0, 0.05) is 11.4 Å². The summed E-state index contributed by atoms with van der Waals surface area (Å²) in [5, 5.41) is 14.4. The van der Waals surface area contributed by atoms with E-state index < -0.39 is 0 Å². The van der Waals surface area contributed by atoms with Crippen LogP contribution >= 0.6 is 22.7 Å². The number of thiazole rings is 1. The van der Waals surface area contributed by atoms with Crippen LogP contribution in [-0.2, 0) is 11.2 Å². The number of aromatic amines is 1. The van der Waals surface area contributed by atoms with Gasteiger partial charge in [0.25, 0.3) is 0 Å². The Labute approximate surface area is 145 Å². The highest BCUT2D eigenvalue weighted by molar-refractivity contribution is 7.13. The van der Waals surface area contributed by atoms with Crippen molar-refractivity contribution in [2.24, 2.45) is 0 Å². The van der Waals surface area contributed by atoms with Gasteiger partial charge in [0.15, 0.2) is 16.6 Å². The molecule has 0 bridgehead atoms. The smallest absolute Gasteiger partial charge is 0.231 e. The molecule has 4 aromatic heterocycles. The summed E-state index contributed by atoms with van der Waals surface area (Å²) in [6.07, 6.45) is 1.80. The lowest BCUT2D eigenvalue weighted by Gasteiger charge is -1.98. The molecule has 0 saturated heterocycles. The highest BCUT2D eigenvalue weighted by Gasteiger charge is 2.12. The minimum Gasteiger partial charge on any atom is -0.462 e. The molecule has 2 N–H and O–H groups in total. The number of amides is 1. The van der Waals surface area contributed by atoms with E-state index in [4.69, 9.17) is 4.42 Å². The highest BCUT2D eigenvalue weighted by Crippen LogP contribution is 2.25. The summed E-state index contributed by atoms with van der Waals surface area (Å²) in [6, 6.07) is 9.44. The number of carbonyl (C=O) groups excluding carboxylic acids is 1. The van der Waals surface area contributed by atoms with E-state index in [1.165, 1.54) is 11.3 Å². The maximum absolute atomic E-state index is 12.2.